The van der Waals surface area contributed by atoms with Crippen molar-refractivity contribution in [2.75, 3.05) is 24.1 Å². The number of primary sulfonamides is 1. The molecule has 0 spiro atoms. The first kappa shape index (κ1) is 22.0. The molecule has 0 atom stereocenters. The zero-order valence-electron chi connectivity index (χ0n) is 18.7. The van der Waals surface area contributed by atoms with E-state index in [0.29, 0.717) is 17.4 Å². The smallest absolute Gasteiger partial charge is 0.238 e. The zero-order valence-corrected chi connectivity index (χ0v) is 19.5. The maximum Gasteiger partial charge on any atom is 0.238 e. The zero-order chi connectivity index (χ0) is 23.2. The standard InChI is InChI=1S/C23H29N7O2S/c1-14-18-3-2-4-19(18)27-22-20(14)21(24)28-23(29-22)26-16-9-11-30(12-10-16)13-15-5-7-17(8-6-15)33(25,31)32/h5-8,16H,2-4,9-13H2,1H3,(H2,25,31,32)(H3,24,26,27,28,29). The van der Waals surface area contributed by atoms with Crippen LogP contribution in [0.1, 0.15) is 41.6 Å². The summed E-state index contributed by atoms with van der Waals surface area (Å²) in [5, 5.41) is 9.51. The Morgan fingerprint density at radius 1 is 1.09 bits per heavy atom. The van der Waals surface area contributed by atoms with Gasteiger partial charge in [0.15, 0.2) is 5.65 Å². The number of nitrogens with one attached hydrogen (secondary N) is 1. The van der Waals surface area contributed by atoms with Crippen molar-refractivity contribution in [3.63, 3.8) is 0 Å². The van der Waals surface area contributed by atoms with Gasteiger partial charge < -0.3 is 11.1 Å². The molecule has 0 unspecified atom stereocenters. The van der Waals surface area contributed by atoms with Crippen LogP contribution in [-0.4, -0.2) is 47.4 Å². The fourth-order valence-corrected chi connectivity index (χ4v) is 5.48. The number of hydrogen-bond acceptors (Lipinski definition) is 8. The molecule has 1 aliphatic heterocycles. The second-order valence-corrected chi connectivity index (χ2v) is 10.6. The fourth-order valence-electron chi connectivity index (χ4n) is 4.97. The van der Waals surface area contributed by atoms with Crippen molar-refractivity contribution < 1.29 is 8.42 Å². The molecule has 3 aromatic rings. The topological polar surface area (TPSA) is 140 Å². The summed E-state index contributed by atoms with van der Waals surface area (Å²) in [7, 11) is -3.66. The number of aryl methyl sites for hydroxylation is 2. The number of likely N-dealkylation sites (tertiary alicyclic amines) is 1. The summed E-state index contributed by atoms with van der Waals surface area (Å²) >= 11 is 0. The summed E-state index contributed by atoms with van der Waals surface area (Å²) < 4.78 is 22.8. The molecule has 0 bridgehead atoms. The Bertz CT molecular complexity index is 1300. The van der Waals surface area contributed by atoms with E-state index < -0.39 is 10.0 Å². The summed E-state index contributed by atoms with van der Waals surface area (Å²) in [5.41, 5.74) is 11.7. The molecule has 5 rings (SSSR count). The number of pyridine rings is 1. The van der Waals surface area contributed by atoms with Crippen LogP contribution >= 0.6 is 0 Å². The molecule has 3 heterocycles. The number of nitrogen functional groups attached to an aromatic ring is 1. The third-order valence-corrected chi connectivity index (χ3v) is 7.68. The van der Waals surface area contributed by atoms with Crippen molar-refractivity contribution in [3.05, 3.63) is 46.6 Å². The highest BCUT2D eigenvalue weighted by molar-refractivity contribution is 7.89. The summed E-state index contributed by atoms with van der Waals surface area (Å²) in [5.74, 6) is 1.03. The van der Waals surface area contributed by atoms with Crippen LogP contribution in [0.2, 0.25) is 0 Å². The Hall–Kier alpha value is -2.82. The number of anilines is 2. The van der Waals surface area contributed by atoms with Gasteiger partial charge in [-0.05, 0) is 67.9 Å². The second kappa shape index (κ2) is 8.51. The fraction of sp³-hybridized carbons (Fsp3) is 0.435. The number of sulfonamides is 1. The molecule has 1 saturated heterocycles. The average Bonchev–Trinajstić information content (AvgIpc) is 3.24. The number of piperidine rings is 1. The van der Waals surface area contributed by atoms with Gasteiger partial charge in [-0.2, -0.15) is 9.97 Å². The molecule has 9 nitrogen and oxygen atoms in total. The highest BCUT2D eigenvalue weighted by Gasteiger charge is 2.23. The third-order valence-electron chi connectivity index (χ3n) is 6.75. The van der Waals surface area contributed by atoms with E-state index in [0.717, 1.165) is 68.4 Å². The largest absolute Gasteiger partial charge is 0.383 e. The van der Waals surface area contributed by atoms with Gasteiger partial charge in [-0.15, -0.1) is 0 Å². The monoisotopic (exact) mass is 467 g/mol. The van der Waals surface area contributed by atoms with Crippen LogP contribution in [0.4, 0.5) is 11.8 Å². The Kier molecular flexibility index (Phi) is 5.67. The normalized spacial score (nSPS) is 17.4. The van der Waals surface area contributed by atoms with Gasteiger partial charge >= 0.3 is 0 Å². The van der Waals surface area contributed by atoms with Crippen molar-refractivity contribution in [2.45, 2.75) is 56.5 Å². The Labute approximate surface area is 193 Å². The number of nitrogens with two attached hydrogens (primary N) is 2. The van der Waals surface area contributed by atoms with E-state index in [2.05, 4.69) is 22.1 Å². The maximum absolute atomic E-state index is 11.4. The molecule has 174 valence electrons. The van der Waals surface area contributed by atoms with Crippen molar-refractivity contribution in [2.24, 2.45) is 5.14 Å². The molecule has 2 aromatic heterocycles. The van der Waals surface area contributed by atoms with Crippen LogP contribution in [0.25, 0.3) is 11.0 Å². The van der Waals surface area contributed by atoms with E-state index in [1.165, 1.54) is 11.1 Å². The van der Waals surface area contributed by atoms with E-state index in [1.54, 1.807) is 12.1 Å². The minimum atomic E-state index is -3.66. The third kappa shape index (κ3) is 4.50. The Balaban J connectivity index is 1.23. The molecule has 0 amide bonds. The highest BCUT2D eigenvalue weighted by Crippen LogP contribution is 2.31. The lowest BCUT2D eigenvalue weighted by Gasteiger charge is -2.32. The quantitative estimate of drug-likeness (QED) is 0.518. The number of nitrogens with zero attached hydrogens (tertiary/aromatic N) is 4. The number of aromatic nitrogens is 3. The first-order valence-electron chi connectivity index (χ1n) is 11.3. The molecule has 0 radical (unpaired) electrons. The van der Waals surface area contributed by atoms with Gasteiger partial charge in [0.25, 0.3) is 0 Å². The van der Waals surface area contributed by atoms with E-state index in [1.807, 2.05) is 12.1 Å². The van der Waals surface area contributed by atoms with Gasteiger partial charge in [-0.25, -0.2) is 18.5 Å². The van der Waals surface area contributed by atoms with Gasteiger partial charge in [0, 0.05) is 31.4 Å². The predicted molar refractivity (Wildman–Crippen MR) is 128 cm³/mol. The summed E-state index contributed by atoms with van der Waals surface area (Å²) in [6.45, 7) is 4.70. The van der Waals surface area contributed by atoms with Crippen molar-refractivity contribution >= 4 is 32.8 Å². The molecular weight excluding hydrogens is 438 g/mol. The number of fused-ring (bicyclic) bond motifs is 2. The highest BCUT2D eigenvalue weighted by atomic mass is 32.2. The van der Waals surface area contributed by atoms with E-state index in [-0.39, 0.29) is 10.9 Å². The molecule has 33 heavy (non-hydrogen) atoms. The lowest BCUT2D eigenvalue weighted by atomic mass is 10.0. The van der Waals surface area contributed by atoms with Crippen LogP contribution in [-0.2, 0) is 29.4 Å². The first-order valence-corrected chi connectivity index (χ1v) is 12.9. The van der Waals surface area contributed by atoms with Gasteiger partial charge in [-0.3, -0.25) is 4.90 Å². The van der Waals surface area contributed by atoms with Gasteiger partial charge in [-0.1, -0.05) is 12.1 Å². The lowest BCUT2D eigenvalue weighted by Crippen LogP contribution is -2.39. The summed E-state index contributed by atoms with van der Waals surface area (Å²) in [6.07, 6.45) is 5.09. The summed E-state index contributed by atoms with van der Waals surface area (Å²) in [4.78, 5) is 16.5. The van der Waals surface area contributed by atoms with Crippen LogP contribution < -0.4 is 16.2 Å². The minimum absolute atomic E-state index is 0.137. The molecule has 0 saturated carbocycles. The molecule has 1 aromatic carbocycles. The lowest BCUT2D eigenvalue weighted by molar-refractivity contribution is 0.211. The average molecular weight is 468 g/mol. The first-order chi connectivity index (χ1) is 15.8. The minimum Gasteiger partial charge on any atom is -0.383 e. The van der Waals surface area contributed by atoms with Crippen molar-refractivity contribution in [1.29, 1.82) is 0 Å². The molecular formula is C23H29N7O2S. The molecule has 1 fully saturated rings. The van der Waals surface area contributed by atoms with Crippen molar-refractivity contribution in [1.82, 2.24) is 19.9 Å². The number of benzene rings is 1. The van der Waals surface area contributed by atoms with E-state index >= 15 is 0 Å². The number of rotatable bonds is 5. The van der Waals surface area contributed by atoms with Crippen LogP contribution in [0.5, 0.6) is 0 Å². The maximum atomic E-state index is 11.4. The van der Waals surface area contributed by atoms with Gasteiger partial charge in [0.2, 0.25) is 16.0 Å². The molecule has 5 N–H and O–H groups in total. The second-order valence-electron chi connectivity index (χ2n) is 9.03. The van der Waals surface area contributed by atoms with Crippen LogP contribution in [0.15, 0.2) is 29.2 Å². The van der Waals surface area contributed by atoms with E-state index in [9.17, 15) is 8.42 Å². The Morgan fingerprint density at radius 3 is 2.52 bits per heavy atom. The van der Waals surface area contributed by atoms with Crippen molar-refractivity contribution in [3.8, 4) is 0 Å². The van der Waals surface area contributed by atoms with Crippen LogP contribution in [0.3, 0.4) is 0 Å². The summed E-state index contributed by atoms with van der Waals surface area (Å²) in [6, 6.07) is 7.03. The number of hydrogen-bond donors (Lipinski definition) is 3. The molecule has 10 heteroatoms. The predicted octanol–water partition coefficient (Wildman–Crippen LogP) is 2.13. The van der Waals surface area contributed by atoms with E-state index in [4.69, 9.17) is 20.8 Å². The van der Waals surface area contributed by atoms with Gasteiger partial charge in [0.1, 0.15) is 5.82 Å². The SMILES string of the molecule is Cc1c2c(nc3nc(NC4CCN(Cc5ccc(S(N)(=O)=O)cc5)CC4)nc(N)c13)CCC2. The molecule has 2 aliphatic rings. The van der Waals surface area contributed by atoms with Crippen LogP contribution in [0, 0.1) is 6.92 Å². The Morgan fingerprint density at radius 2 is 1.82 bits per heavy atom. The van der Waals surface area contributed by atoms with Gasteiger partial charge in [0.05, 0.1) is 10.3 Å². The molecule has 1 aliphatic carbocycles.